The highest BCUT2D eigenvalue weighted by Gasteiger charge is 2.31. The molecule has 1 heterocycles. The molecule has 0 spiro atoms. The molecule has 1 N–H and O–H groups in total. The lowest BCUT2D eigenvalue weighted by Gasteiger charge is -2.36. The minimum absolute atomic E-state index is 0.602. The number of nitrogens with one attached hydrogen (secondary N) is 1. The van der Waals surface area contributed by atoms with Gasteiger partial charge in [0, 0.05) is 28.7 Å². The fourth-order valence-electron chi connectivity index (χ4n) is 2.67. The van der Waals surface area contributed by atoms with Crippen LogP contribution in [0.15, 0.2) is 30.5 Å². The normalized spacial score (nSPS) is 21.7. The van der Waals surface area contributed by atoms with Crippen LogP contribution in [0.4, 0.5) is 0 Å². The molecule has 4 heteroatoms. The Morgan fingerprint density at radius 3 is 2.85 bits per heavy atom. The molecule has 0 amide bonds. The van der Waals surface area contributed by atoms with Gasteiger partial charge in [0.25, 0.3) is 0 Å². The third kappa shape index (κ3) is 3.05. The van der Waals surface area contributed by atoms with Gasteiger partial charge in [0.2, 0.25) is 0 Å². The molecule has 1 aromatic carbocycles. The molecule has 1 saturated carbocycles. The molecule has 1 aromatic heterocycles. The monoisotopic (exact) mass is 306 g/mol. The molecule has 1 fully saturated rings. The van der Waals surface area contributed by atoms with E-state index in [-0.39, 0.29) is 0 Å². The lowest BCUT2D eigenvalue weighted by atomic mass is 9.76. The maximum atomic E-state index is 6.24. The Morgan fingerprint density at radius 2 is 2.15 bits per heavy atom. The van der Waals surface area contributed by atoms with Crippen molar-refractivity contribution in [2.75, 3.05) is 0 Å². The van der Waals surface area contributed by atoms with Gasteiger partial charge in [-0.15, -0.1) is 11.3 Å². The van der Waals surface area contributed by atoms with Crippen molar-refractivity contribution in [3.8, 4) is 0 Å². The zero-order valence-corrected chi connectivity index (χ0v) is 13.2. The van der Waals surface area contributed by atoms with E-state index in [0.717, 1.165) is 18.0 Å². The third-order valence-electron chi connectivity index (χ3n) is 3.97. The summed E-state index contributed by atoms with van der Waals surface area (Å²) in [6.07, 6.45) is 5.43. The zero-order valence-electron chi connectivity index (χ0n) is 11.6. The van der Waals surface area contributed by atoms with E-state index in [1.54, 1.807) is 0 Å². The van der Waals surface area contributed by atoms with E-state index in [9.17, 15) is 0 Å². The van der Waals surface area contributed by atoms with Crippen LogP contribution in [0.2, 0.25) is 5.02 Å². The maximum Gasteiger partial charge on any atom is 0.107 e. The van der Waals surface area contributed by atoms with Gasteiger partial charge in [-0.2, -0.15) is 0 Å². The summed E-state index contributed by atoms with van der Waals surface area (Å²) in [5.41, 5.74) is 1.30. The molecule has 2 aromatic rings. The van der Waals surface area contributed by atoms with Crippen molar-refractivity contribution in [3.63, 3.8) is 0 Å². The van der Waals surface area contributed by atoms with Gasteiger partial charge in [-0.3, -0.25) is 0 Å². The molecular weight excluding hydrogens is 288 g/mol. The van der Waals surface area contributed by atoms with Gasteiger partial charge >= 0.3 is 0 Å². The molecule has 20 heavy (non-hydrogen) atoms. The molecule has 0 atom stereocenters. The summed E-state index contributed by atoms with van der Waals surface area (Å²) < 4.78 is 0. The van der Waals surface area contributed by atoms with Crippen LogP contribution in [0.3, 0.4) is 0 Å². The molecule has 106 valence electrons. The molecule has 0 saturated heterocycles. The van der Waals surface area contributed by atoms with Crippen LogP contribution in [-0.2, 0) is 13.0 Å². The van der Waals surface area contributed by atoms with E-state index in [4.69, 9.17) is 11.6 Å². The highest BCUT2D eigenvalue weighted by Crippen LogP contribution is 2.39. The number of rotatable bonds is 5. The topological polar surface area (TPSA) is 24.9 Å². The Morgan fingerprint density at radius 1 is 1.35 bits per heavy atom. The fourth-order valence-corrected chi connectivity index (χ4v) is 3.77. The summed E-state index contributed by atoms with van der Waals surface area (Å²) in [7, 11) is 0. The number of thiazole rings is 1. The van der Waals surface area contributed by atoms with Crippen LogP contribution in [0.1, 0.15) is 41.1 Å². The molecule has 3 rings (SSSR count). The van der Waals surface area contributed by atoms with Gasteiger partial charge in [-0.25, -0.2) is 4.98 Å². The molecule has 0 radical (unpaired) electrons. The van der Waals surface area contributed by atoms with Crippen molar-refractivity contribution >= 4 is 22.9 Å². The average molecular weight is 307 g/mol. The molecule has 1 aliphatic carbocycles. The van der Waals surface area contributed by atoms with Crippen LogP contribution in [0, 0.1) is 0 Å². The van der Waals surface area contributed by atoms with Gasteiger partial charge in [0.05, 0.1) is 0 Å². The predicted octanol–water partition coefficient (Wildman–Crippen LogP) is 4.39. The van der Waals surface area contributed by atoms with E-state index in [0.29, 0.717) is 12.0 Å². The van der Waals surface area contributed by atoms with Gasteiger partial charge in [-0.1, -0.05) is 36.7 Å². The van der Waals surface area contributed by atoms with Gasteiger partial charge in [-0.05, 0) is 36.8 Å². The smallest absolute Gasteiger partial charge is 0.107 e. The van der Waals surface area contributed by atoms with Crippen LogP contribution in [-0.4, -0.2) is 11.0 Å². The second-order valence-electron chi connectivity index (χ2n) is 5.34. The van der Waals surface area contributed by atoms with Crippen LogP contribution >= 0.6 is 22.9 Å². The first kappa shape index (κ1) is 14.1. The Kier molecular flexibility index (Phi) is 4.39. The Labute approximate surface area is 129 Å². The van der Waals surface area contributed by atoms with Crippen LogP contribution in [0.25, 0.3) is 0 Å². The largest absolute Gasteiger partial charge is 0.308 e. The Hall–Kier alpha value is -0.900. The molecule has 0 bridgehead atoms. The quantitative estimate of drug-likeness (QED) is 0.886. The molecule has 2 nitrogen and oxygen atoms in total. The van der Waals surface area contributed by atoms with E-state index in [2.05, 4.69) is 29.4 Å². The van der Waals surface area contributed by atoms with E-state index < -0.39 is 0 Å². The first-order chi connectivity index (χ1) is 9.76. The molecule has 0 unspecified atom stereocenters. The standard InChI is InChI=1S/C16H19ClN2S/c1-2-13-9-19-16(20-13)10-18-12-7-11(8-12)14-5-3-4-6-15(14)17/h3-6,9,11-12,18H,2,7-8,10H2,1H3. The minimum atomic E-state index is 0.602. The van der Waals surface area contributed by atoms with Crippen molar-refractivity contribution in [3.05, 3.63) is 50.9 Å². The number of nitrogens with zero attached hydrogens (tertiary/aromatic N) is 1. The lowest BCUT2D eigenvalue weighted by Crippen LogP contribution is -2.39. The van der Waals surface area contributed by atoms with Gasteiger partial charge in [0.15, 0.2) is 0 Å². The average Bonchev–Trinajstić information content (AvgIpc) is 2.87. The highest BCUT2D eigenvalue weighted by molar-refractivity contribution is 7.11. The number of hydrogen-bond donors (Lipinski definition) is 1. The van der Waals surface area contributed by atoms with Crippen LogP contribution < -0.4 is 5.32 Å². The van der Waals surface area contributed by atoms with Crippen molar-refractivity contribution < 1.29 is 0 Å². The van der Waals surface area contributed by atoms with E-state index >= 15 is 0 Å². The number of aromatic nitrogens is 1. The van der Waals surface area contributed by atoms with Crippen molar-refractivity contribution in [1.29, 1.82) is 0 Å². The zero-order chi connectivity index (χ0) is 13.9. The number of aryl methyl sites for hydroxylation is 1. The number of hydrogen-bond acceptors (Lipinski definition) is 3. The summed E-state index contributed by atoms with van der Waals surface area (Å²) >= 11 is 8.06. The predicted molar refractivity (Wildman–Crippen MR) is 85.5 cm³/mol. The summed E-state index contributed by atoms with van der Waals surface area (Å²) in [4.78, 5) is 5.81. The van der Waals surface area contributed by atoms with Crippen LogP contribution in [0.5, 0.6) is 0 Å². The second-order valence-corrected chi connectivity index (χ2v) is 6.95. The first-order valence-corrected chi connectivity index (χ1v) is 8.37. The van der Waals surface area contributed by atoms with Gasteiger partial charge in [0.1, 0.15) is 5.01 Å². The lowest BCUT2D eigenvalue weighted by molar-refractivity contribution is 0.289. The summed E-state index contributed by atoms with van der Waals surface area (Å²) in [5, 5.41) is 5.70. The van der Waals surface area contributed by atoms with Crippen molar-refractivity contribution in [1.82, 2.24) is 10.3 Å². The maximum absolute atomic E-state index is 6.24. The minimum Gasteiger partial charge on any atom is -0.308 e. The van der Waals surface area contributed by atoms with Gasteiger partial charge < -0.3 is 5.32 Å². The fraction of sp³-hybridized carbons (Fsp3) is 0.438. The summed E-state index contributed by atoms with van der Waals surface area (Å²) in [6.45, 7) is 3.06. The molecule has 0 aliphatic heterocycles. The van der Waals surface area contributed by atoms with Crippen molar-refractivity contribution in [2.24, 2.45) is 0 Å². The number of benzene rings is 1. The SMILES string of the molecule is CCc1cnc(CNC2CC(c3ccccc3Cl)C2)s1. The Balaban J connectivity index is 1.48. The van der Waals surface area contributed by atoms with E-state index in [1.807, 2.05) is 29.7 Å². The second kappa shape index (κ2) is 6.25. The third-order valence-corrected chi connectivity index (χ3v) is 5.46. The Bertz CT molecular complexity index is 575. The summed E-state index contributed by atoms with van der Waals surface area (Å²) in [6, 6.07) is 8.81. The van der Waals surface area contributed by atoms with E-state index in [1.165, 1.54) is 28.3 Å². The molecular formula is C16H19ClN2S. The summed E-state index contributed by atoms with van der Waals surface area (Å²) in [5.74, 6) is 0.615. The van der Waals surface area contributed by atoms with Crippen molar-refractivity contribution in [2.45, 2.75) is 44.7 Å². The highest BCUT2D eigenvalue weighted by atomic mass is 35.5. The number of halogens is 1. The molecule has 1 aliphatic rings. The first-order valence-electron chi connectivity index (χ1n) is 7.17.